The molecule has 8 heteroatoms. The molecule has 2 N–H and O–H groups in total. The summed E-state index contributed by atoms with van der Waals surface area (Å²) in [5.74, 6) is -1.80. The lowest BCUT2D eigenvalue weighted by Gasteiger charge is -2.46. The average molecular weight is 397 g/mol. The standard InChI is InChI=1S/C21H18F3N5/c1-2-29-8-7-13-15(9-25)19(28)20(11-26,12-27)18(16(13)10-29)14-5-3-4-6-17(14)21(22,23)24/h3-7,16,18H,2,8,10,28H2,1H3/t16-,18+/m1/s1. The fourth-order valence-electron chi connectivity index (χ4n) is 4.37. The monoisotopic (exact) mass is 397 g/mol. The number of rotatable bonds is 2. The van der Waals surface area contributed by atoms with Gasteiger partial charge in [-0.1, -0.05) is 31.2 Å². The van der Waals surface area contributed by atoms with Crippen LogP contribution in [0.25, 0.3) is 0 Å². The molecule has 0 bridgehead atoms. The summed E-state index contributed by atoms with van der Waals surface area (Å²) >= 11 is 0. The van der Waals surface area contributed by atoms with Crippen LogP contribution in [0.3, 0.4) is 0 Å². The SMILES string of the molecule is CCN1CC=C2C(C#N)=C(N)C(C#N)(C#N)[C@@H](c3ccccc3C(F)(F)F)[C@@H]2C1. The zero-order valence-corrected chi connectivity index (χ0v) is 15.7. The second-order valence-electron chi connectivity index (χ2n) is 7.11. The maximum absolute atomic E-state index is 13.8. The van der Waals surface area contributed by atoms with Gasteiger partial charge in [-0.15, -0.1) is 0 Å². The van der Waals surface area contributed by atoms with Crippen molar-refractivity contribution in [2.24, 2.45) is 17.1 Å². The van der Waals surface area contributed by atoms with E-state index in [0.717, 1.165) is 6.07 Å². The number of nitrogens with two attached hydrogens (primary N) is 1. The van der Waals surface area contributed by atoms with E-state index in [1.165, 1.54) is 18.2 Å². The van der Waals surface area contributed by atoms with Gasteiger partial charge in [-0.25, -0.2) is 0 Å². The minimum atomic E-state index is -4.66. The van der Waals surface area contributed by atoms with Crippen LogP contribution in [0.4, 0.5) is 13.2 Å². The highest BCUT2D eigenvalue weighted by atomic mass is 19.4. The summed E-state index contributed by atoms with van der Waals surface area (Å²) < 4.78 is 41.4. The summed E-state index contributed by atoms with van der Waals surface area (Å²) in [5, 5.41) is 29.6. The topological polar surface area (TPSA) is 101 Å². The van der Waals surface area contributed by atoms with Crippen molar-refractivity contribution in [2.45, 2.75) is 19.0 Å². The van der Waals surface area contributed by atoms with Crippen LogP contribution in [-0.2, 0) is 6.18 Å². The molecule has 1 heterocycles. The van der Waals surface area contributed by atoms with Crippen LogP contribution in [-0.4, -0.2) is 24.5 Å². The van der Waals surface area contributed by atoms with E-state index in [-0.39, 0.29) is 16.8 Å². The van der Waals surface area contributed by atoms with Gasteiger partial charge in [0.25, 0.3) is 0 Å². The second kappa shape index (κ2) is 7.28. The molecule has 1 aromatic rings. The van der Waals surface area contributed by atoms with Crippen molar-refractivity contribution in [3.8, 4) is 18.2 Å². The first-order chi connectivity index (χ1) is 13.7. The van der Waals surface area contributed by atoms with E-state index in [0.29, 0.717) is 25.2 Å². The van der Waals surface area contributed by atoms with E-state index >= 15 is 0 Å². The van der Waals surface area contributed by atoms with Crippen LogP contribution in [0.1, 0.15) is 24.0 Å². The first kappa shape index (κ1) is 20.5. The Morgan fingerprint density at radius 2 is 1.86 bits per heavy atom. The molecule has 29 heavy (non-hydrogen) atoms. The quantitative estimate of drug-likeness (QED) is 0.824. The van der Waals surface area contributed by atoms with Crippen LogP contribution >= 0.6 is 0 Å². The van der Waals surface area contributed by atoms with Gasteiger partial charge >= 0.3 is 6.18 Å². The number of nitriles is 3. The molecule has 0 fully saturated rings. The predicted molar refractivity (Wildman–Crippen MR) is 98.4 cm³/mol. The van der Waals surface area contributed by atoms with Crippen molar-refractivity contribution < 1.29 is 13.2 Å². The van der Waals surface area contributed by atoms with Crippen molar-refractivity contribution in [2.75, 3.05) is 19.6 Å². The molecule has 1 aromatic carbocycles. The Hall–Kier alpha value is -3.28. The van der Waals surface area contributed by atoms with E-state index in [4.69, 9.17) is 5.73 Å². The third kappa shape index (κ3) is 3.05. The molecule has 2 atom stereocenters. The Labute approximate surface area is 166 Å². The molecule has 0 radical (unpaired) electrons. The minimum Gasteiger partial charge on any atom is -0.399 e. The lowest BCUT2D eigenvalue weighted by molar-refractivity contribution is -0.138. The molecule has 3 rings (SSSR count). The fourth-order valence-corrected chi connectivity index (χ4v) is 4.37. The van der Waals surface area contributed by atoms with Crippen molar-refractivity contribution in [3.05, 3.63) is 58.3 Å². The molecule has 1 aliphatic heterocycles. The Kier molecular flexibility index (Phi) is 5.13. The van der Waals surface area contributed by atoms with Gasteiger partial charge in [0.2, 0.25) is 0 Å². The molecular weight excluding hydrogens is 379 g/mol. The van der Waals surface area contributed by atoms with E-state index in [2.05, 4.69) is 0 Å². The van der Waals surface area contributed by atoms with E-state index in [1.807, 2.05) is 30.0 Å². The number of allylic oxidation sites excluding steroid dienone is 2. The van der Waals surface area contributed by atoms with Crippen molar-refractivity contribution in [3.63, 3.8) is 0 Å². The third-order valence-corrected chi connectivity index (χ3v) is 5.79. The number of nitrogens with zero attached hydrogens (tertiary/aromatic N) is 4. The van der Waals surface area contributed by atoms with Gasteiger partial charge in [0.15, 0.2) is 5.41 Å². The van der Waals surface area contributed by atoms with Gasteiger partial charge in [0.05, 0.1) is 29.0 Å². The molecule has 1 aliphatic carbocycles. The van der Waals surface area contributed by atoms with Gasteiger partial charge < -0.3 is 5.73 Å². The number of halogens is 3. The molecule has 0 spiro atoms. The number of benzene rings is 1. The van der Waals surface area contributed by atoms with Crippen LogP contribution in [0.15, 0.2) is 47.2 Å². The molecule has 148 valence electrons. The van der Waals surface area contributed by atoms with Crippen LogP contribution < -0.4 is 5.73 Å². The maximum Gasteiger partial charge on any atom is 0.416 e. The maximum atomic E-state index is 13.8. The Bertz CT molecular complexity index is 1000. The van der Waals surface area contributed by atoms with Crippen LogP contribution in [0.5, 0.6) is 0 Å². The highest BCUT2D eigenvalue weighted by Gasteiger charge is 2.56. The first-order valence-corrected chi connectivity index (χ1v) is 9.06. The summed E-state index contributed by atoms with van der Waals surface area (Å²) in [6.07, 6.45) is -2.89. The van der Waals surface area contributed by atoms with E-state index in [1.54, 1.807) is 6.08 Å². The molecule has 0 saturated heterocycles. The number of alkyl halides is 3. The van der Waals surface area contributed by atoms with Gasteiger partial charge in [-0.2, -0.15) is 29.0 Å². The number of hydrogen-bond donors (Lipinski definition) is 1. The van der Waals surface area contributed by atoms with Crippen molar-refractivity contribution in [1.82, 2.24) is 4.90 Å². The summed E-state index contributed by atoms with van der Waals surface area (Å²) in [6, 6.07) is 10.7. The summed E-state index contributed by atoms with van der Waals surface area (Å²) in [5.41, 5.74) is 3.25. The largest absolute Gasteiger partial charge is 0.416 e. The van der Waals surface area contributed by atoms with Crippen molar-refractivity contribution >= 4 is 0 Å². The van der Waals surface area contributed by atoms with Gasteiger partial charge in [0.1, 0.15) is 6.07 Å². The molecular formula is C21H18F3N5. The zero-order chi connectivity index (χ0) is 21.4. The smallest absolute Gasteiger partial charge is 0.399 e. The zero-order valence-electron chi connectivity index (χ0n) is 15.7. The first-order valence-electron chi connectivity index (χ1n) is 9.06. The summed E-state index contributed by atoms with van der Waals surface area (Å²) in [4.78, 5) is 1.99. The van der Waals surface area contributed by atoms with Gasteiger partial charge in [-0.3, -0.25) is 4.90 Å². The second-order valence-corrected chi connectivity index (χ2v) is 7.11. The summed E-state index contributed by atoms with van der Waals surface area (Å²) in [7, 11) is 0. The van der Waals surface area contributed by atoms with Crippen LogP contribution in [0, 0.1) is 45.3 Å². The Morgan fingerprint density at radius 1 is 1.21 bits per heavy atom. The lowest BCUT2D eigenvalue weighted by atomic mass is 9.57. The Morgan fingerprint density at radius 3 is 2.41 bits per heavy atom. The van der Waals surface area contributed by atoms with Gasteiger partial charge in [0, 0.05) is 24.9 Å². The highest BCUT2D eigenvalue weighted by Crippen LogP contribution is 2.55. The Balaban J connectivity index is 2.38. The number of fused-ring (bicyclic) bond motifs is 1. The highest BCUT2D eigenvalue weighted by molar-refractivity contribution is 5.60. The lowest BCUT2D eigenvalue weighted by Crippen LogP contribution is -2.48. The van der Waals surface area contributed by atoms with E-state index < -0.39 is 29.0 Å². The summed E-state index contributed by atoms with van der Waals surface area (Å²) in [6.45, 7) is 3.39. The fraction of sp³-hybridized carbons (Fsp3) is 0.381. The average Bonchev–Trinajstić information content (AvgIpc) is 2.72. The molecule has 5 nitrogen and oxygen atoms in total. The predicted octanol–water partition coefficient (Wildman–Crippen LogP) is 3.45. The minimum absolute atomic E-state index is 0.0228. The molecule has 0 amide bonds. The molecule has 2 aliphatic rings. The normalized spacial score (nSPS) is 24.0. The third-order valence-electron chi connectivity index (χ3n) is 5.79. The van der Waals surface area contributed by atoms with Crippen molar-refractivity contribution in [1.29, 1.82) is 15.8 Å². The molecule has 0 saturated carbocycles. The number of likely N-dealkylation sites (N-methyl/N-ethyl adjacent to an activating group) is 1. The van der Waals surface area contributed by atoms with Crippen LogP contribution in [0.2, 0.25) is 0 Å². The van der Waals surface area contributed by atoms with E-state index in [9.17, 15) is 29.0 Å². The molecule has 0 unspecified atom stereocenters. The molecule has 0 aromatic heterocycles. The van der Waals surface area contributed by atoms with Gasteiger partial charge in [-0.05, 0) is 23.7 Å². The number of hydrogen-bond acceptors (Lipinski definition) is 5.